The fourth-order valence-electron chi connectivity index (χ4n) is 2.83. The highest BCUT2D eigenvalue weighted by molar-refractivity contribution is 5.91. The molecule has 0 unspecified atom stereocenters. The molecule has 6 nitrogen and oxygen atoms in total. The number of carbonyl (C=O) groups excluding carboxylic acids is 1. The van der Waals surface area contributed by atoms with Gasteiger partial charge in [0.15, 0.2) is 5.82 Å². The highest BCUT2D eigenvalue weighted by atomic mass is 35.5. The van der Waals surface area contributed by atoms with Gasteiger partial charge in [-0.3, -0.25) is 9.89 Å². The molecule has 22 heavy (non-hydrogen) atoms. The molecule has 1 fully saturated rings. The van der Waals surface area contributed by atoms with E-state index in [0.717, 1.165) is 30.5 Å². The molecule has 0 radical (unpaired) electrons. The number of carbonyl (C=O) groups is 1. The number of hydrogen-bond acceptors (Lipinski definition) is 4. The zero-order chi connectivity index (χ0) is 14.7. The second-order valence-electron chi connectivity index (χ2n) is 5.52. The Bertz CT molecular complexity index is 599. The van der Waals surface area contributed by atoms with Crippen LogP contribution in [-0.2, 0) is 4.79 Å². The number of rotatable bonds is 4. The minimum atomic E-state index is 0. The molecule has 0 bridgehead atoms. The molecule has 1 aliphatic carbocycles. The van der Waals surface area contributed by atoms with Gasteiger partial charge in [-0.2, -0.15) is 5.10 Å². The standard InChI is InChI=1S/C15H19N5O.ClH/c16-13-3-1-2-11(13)8-14(21)19-12-6-4-10(5-7-12)15-17-9-18-20-15;/h4-7,9,11,13H,1-3,8,16H2,(H,19,21)(H,17,18,20);1H/t11-,13+;/m0./s1. The van der Waals surface area contributed by atoms with Gasteiger partial charge in [-0.15, -0.1) is 12.4 Å². The number of aromatic nitrogens is 3. The van der Waals surface area contributed by atoms with Crippen LogP contribution in [0.5, 0.6) is 0 Å². The van der Waals surface area contributed by atoms with E-state index in [9.17, 15) is 4.79 Å². The molecule has 1 saturated carbocycles. The topological polar surface area (TPSA) is 96.7 Å². The summed E-state index contributed by atoms with van der Waals surface area (Å²) in [6.45, 7) is 0. The summed E-state index contributed by atoms with van der Waals surface area (Å²) in [6, 6.07) is 7.70. The lowest BCUT2D eigenvalue weighted by molar-refractivity contribution is -0.117. The van der Waals surface area contributed by atoms with Crippen molar-refractivity contribution in [3.05, 3.63) is 30.6 Å². The average Bonchev–Trinajstić information content (AvgIpc) is 3.12. The molecule has 4 N–H and O–H groups in total. The van der Waals surface area contributed by atoms with E-state index in [1.165, 1.54) is 6.33 Å². The molecule has 2 atom stereocenters. The number of anilines is 1. The van der Waals surface area contributed by atoms with Crippen LogP contribution in [0.1, 0.15) is 25.7 Å². The van der Waals surface area contributed by atoms with Crippen molar-refractivity contribution in [1.82, 2.24) is 15.2 Å². The molecule has 0 aliphatic heterocycles. The first kappa shape index (κ1) is 16.5. The van der Waals surface area contributed by atoms with Crippen molar-refractivity contribution in [3.63, 3.8) is 0 Å². The fourth-order valence-corrected chi connectivity index (χ4v) is 2.83. The number of halogens is 1. The number of aromatic amines is 1. The second kappa shape index (κ2) is 7.38. The summed E-state index contributed by atoms with van der Waals surface area (Å²) in [6.07, 6.45) is 5.19. The lowest BCUT2D eigenvalue weighted by Gasteiger charge is -2.14. The lowest BCUT2D eigenvalue weighted by Crippen LogP contribution is -2.28. The van der Waals surface area contributed by atoms with Gasteiger partial charge in [-0.25, -0.2) is 4.98 Å². The Balaban J connectivity index is 0.00000176. The molecule has 2 aromatic rings. The van der Waals surface area contributed by atoms with E-state index in [0.29, 0.717) is 18.2 Å². The van der Waals surface area contributed by atoms with Crippen LogP contribution in [0.3, 0.4) is 0 Å². The van der Waals surface area contributed by atoms with Crippen molar-refractivity contribution in [2.45, 2.75) is 31.7 Å². The van der Waals surface area contributed by atoms with Crippen molar-refractivity contribution in [3.8, 4) is 11.4 Å². The van der Waals surface area contributed by atoms with E-state index in [-0.39, 0.29) is 24.4 Å². The Morgan fingerprint density at radius 2 is 2.09 bits per heavy atom. The number of nitrogens with one attached hydrogen (secondary N) is 2. The van der Waals surface area contributed by atoms with Crippen LogP contribution >= 0.6 is 12.4 Å². The Morgan fingerprint density at radius 1 is 1.32 bits per heavy atom. The van der Waals surface area contributed by atoms with Crippen molar-refractivity contribution in [2.24, 2.45) is 11.7 Å². The molecule has 7 heteroatoms. The first-order valence-electron chi connectivity index (χ1n) is 7.23. The molecule has 1 aliphatic rings. The molecule has 1 aromatic carbocycles. The summed E-state index contributed by atoms with van der Waals surface area (Å²) in [5.41, 5.74) is 7.72. The van der Waals surface area contributed by atoms with Crippen molar-refractivity contribution in [1.29, 1.82) is 0 Å². The molecule has 1 aromatic heterocycles. The Morgan fingerprint density at radius 3 is 2.68 bits per heavy atom. The van der Waals surface area contributed by atoms with Gasteiger partial charge >= 0.3 is 0 Å². The Hall–Kier alpha value is -1.92. The third-order valence-electron chi connectivity index (χ3n) is 4.02. The van der Waals surface area contributed by atoms with Gasteiger partial charge in [-0.1, -0.05) is 6.42 Å². The Labute approximate surface area is 135 Å². The van der Waals surface area contributed by atoms with Crippen LogP contribution in [0.25, 0.3) is 11.4 Å². The number of hydrogen-bond donors (Lipinski definition) is 3. The smallest absolute Gasteiger partial charge is 0.224 e. The maximum atomic E-state index is 12.0. The van der Waals surface area contributed by atoms with Crippen LogP contribution in [0.15, 0.2) is 30.6 Å². The minimum absolute atomic E-state index is 0. The van der Waals surface area contributed by atoms with Gasteiger partial charge in [-0.05, 0) is 43.0 Å². The van der Waals surface area contributed by atoms with Crippen LogP contribution < -0.4 is 11.1 Å². The number of amides is 1. The molecule has 0 spiro atoms. The van der Waals surface area contributed by atoms with Crippen LogP contribution in [-0.4, -0.2) is 27.1 Å². The van der Waals surface area contributed by atoms with Crippen LogP contribution in [0.4, 0.5) is 5.69 Å². The zero-order valence-corrected chi connectivity index (χ0v) is 13.0. The third kappa shape index (κ3) is 3.84. The van der Waals surface area contributed by atoms with Gasteiger partial charge in [0, 0.05) is 23.7 Å². The van der Waals surface area contributed by atoms with E-state index in [4.69, 9.17) is 5.73 Å². The summed E-state index contributed by atoms with van der Waals surface area (Å²) in [4.78, 5) is 16.1. The maximum Gasteiger partial charge on any atom is 0.224 e. The molecular formula is C15H20ClN5O. The monoisotopic (exact) mass is 321 g/mol. The SMILES string of the molecule is Cl.N[C@@H]1CCC[C@H]1CC(=O)Nc1ccc(-c2ncn[nH]2)cc1. The minimum Gasteiger partial charge on any atom is -0.327 e. The number of benzene rings is 1. The lowest BCUT2D eigenvalue weighted by atomic mass is 10.00. The van der Waals surface area contributed by atoms with Gasteiger partial charge in [0.25, 0.3) is 0 Å². The maximum absolute atomic E-state index is 12.0. The molecule has 0 saturated heterocycles. The molecule has 1 amide bonds. The number of H-pyrrole nitrogens is 1. The van der Waals surface area contributed by atoms with E-state index in [1.54, 1.807) is 0 Å². The van der Waals surface area contributed by atoms with E-state index in [1.807, 2.05) is 24.3 Å². The van der Waals surface area contributed by atoms with Crippen LogP contribution in [0.2, 0.25) is 0 Å². The zero-order valence-electron chi connectivity index (χ0n) is 12.2. The second-order valence-corrected chi connectivity index (χ2v) is 5.52. The van der Waals surface area contributed by atoms with Crippen LogP contribution in [0, 0.1) is 5.92 Å². The Kier molecular flexibility index (Phi) is 5.51. The highest BCUT2D eigenvalue weighted by Gasteiger charge is 2.25. The summed E-state index contributed by atoms with van der Waals surface area (Å²) >= 11 is 0. The van der Waals surface area contributed by atoms with Crippen molar-refractivity contribution < 1.29 is 4.79 Å². The molecule has 1 heterocycles. The first-order chi connectivity index (χ1) is 10.2. The van der Waals surface area contributed by atoms with Gasteiger partial charge in [0.1, 0.15) is 6.33 Å². The fraction of sp³-hybridized carbons (Fsp3) is 0.400. The van der Waals surface area contributed by atoms with Gasteiger partial charge in [0.05, 0.1) is 0 Å². The summed E-state index contributed by atoms with van der Waals surface area (Å²) in [5, 5.41) is 9.54. The molecular weight excluding hydrogens is 302 g/mol. The van der Waals surface area contributed by atoms with E-state index < -0.39 is 0 Å². The normalized spacial score (nSPS) is 20.4. The largest absolute Gasteiger partial charge is 0.327 e. The van der Waals surface area contributed by atoms with Gasteiger partial charge in [0.2, 0.25) is 5.91 Å². The van der Waals surface area contributed by atoms with Gasteiger partial charge < -0.3 is 11.1 Å². The first-order valence-corrected chi connectivity index (χ1v) is 7.23. The van der Waals surface area contributed by atoms with E-state index >= 15 is 0 Å². The predicted molar refractivity (Wildman–Crippen MR) is 87.6 cm³/mol. The highest BCUT2D eigenvalue weighted by Crippen LogP contribution is 2.27. The average molecular weight is 322 g/mol. The summed E-state index contributed by atoms with van der Waals surface area (Å²) in [7, 11) is 0. The number of nitrogens with two attached hydrogens (primary N) is 1. The van der Waals surface area contributed by atoms with E-state index in [2.05, 4.69) is 20.5 Å². The molecule has 118 valence electrons. The molecule has 3 rings (SSSR count). The van der Waals surface area contributed by atoms with Crippen molar-refractivity contribution >= 4 is 24.0 Å². The van der Waals surface area contributed by atoms with Crippen molar-refractivity contribution in [2.75, 3.05) is 5.32 Å². The summed E-state index contributed by atoms with van der Waals surface area (Å²) in [5.74, 6) is 1.06. The summed E-state index contributed by atoms with van der Waals surface area (Å²) < 4.78 is 0. The predicted octanol–water partition coefficient (Wildman–Crippen LogP) is 2.35. The number of nitrogens with zero attached hydrogens (tertiary/aromatic N) is 2. The quantitative estimate of drug-likeness (QED) is 0.805. The third-order valence-corrected chi connectivity index (χ3v) is 4.02.